The molecule has 0 spiro atoms. The van der Waals surface area contributed by atoms with Gasteiger partial charge in [-0.3, -0.25) is 4.79 Å². The molecule has 2 N–H and O–H groups in total. The van der Waals surface area contributed by atoms with Gasteiger partial charge in [0.05, 0.1) is 35.9 Å². The Kier molecular flexibility index (Phi) is 6.94. The van der Waals surface area contributed by atoms with Crippen molar-refractivity contribution >= 4 is 44.8 Å². The van der Waals surface area contributed by atoms with Crippen LogP contribution in [0, 0.1) is 0 Å². The molecule has 0 unspecified atom stereocenters. The van der Waals surface area contributed by atoms with Crippen molar-refractivity contribution in [3.63, 3.8) is 0 Å². The minimum atomic E-state index is -3.98. The lowest BCUT2D eigenvalue weighted by Gasteiger charge is -2.16. The van der Waals surface area contributed by atoms with Gasteiger partial charge in [-0.2, -0.15) is 4.72 Å². The Balaban J connectivity index is 2.16. The number of nitrogens with one attached hydrogen (secondary N) is 2. The zero-order chi connectivity index (χ0) is 20.2. The second-order valence-electron chi connectivity index (χ2n) is 5.47. The molecule has 0 radical (unpaired) electrons. The van der Waals surface area contributed by atoms with Crippen molar-refractivity contribution in [1.82, 2.24) is 4.72 Å². The fraction of sp³-hybridized carbons (Fsp3) is 0.235. The molecule has 10 heteroatoms. The third-order valence-corrected chi connectivity index (χ3v) is 5.65. The van der Waals surface area contributed by atoms with Gasteiger partial charge in [-0.1, -0.05) is 23.2 Å². The summed E-state index contributed by atoms with van der Waals surface area (Å²) in [4.78, 5) is 12.3. The molecule has 0 bridgehead atoms. The summed E-state index contributed by atoms with van der Waals surface area (Å²) in [6, 6.07) is 7.63. The number of benzene rings is 2. The van der Waals surface area contributed by atoms with E-state index in [0.29, 0.717) is 22.2 Å². The summed E-state index contributed by atoms with van der Waals surface area (Å²) in [5, 5.41) is 3.12. The van der Waals surface area contributed by atoms with E-state index in [1.807, 2.05) is 0 Å². The molecule has 0 aromatic heterocycles. The van der Waals surface area contributed by atoms with Gasteiger partial charge in [0.15, 0.2) is 0 Å². The van der Waals surface area contributed by atoms with Crippen LogP contribution in [0.3, 0.4) is 0 Å². The van der Waals surface area contributed by atoms with Crippen LogP contribution < -0.4 is 19.5 Å². The zero-order valence-electron chi connectivity index (χ0n) is 14.7. The standard InChI is InChI=1S/C17H18Cl2N2O5S/c1-10(17(22)20-14-8-11(18)4-6-16(14)26-3)21-27(23,24)12-5-7-15(25-2)13(19)9-12/h4-10,21H,1-3H3,(H,20,22)/t10-/m0/s1. The molecule has 1 atom stereocenters. The molecule has 0 fully saturated rings. The number of carbonyl (C=O) groups excluding carboxylic acids is 1. The maximum atomic E-state index is 12.5. The van der Waals surface area contributed by atoms with Crippen molar-refractivity contribution in [2.24, 2.45) is 0 Å². The minimum absolute atomic E-state index is 0.0895. The Morgan fingerprint density at radius 2 is 1.67 bits per heavy atom. The highest BCUT2D eigenvalue weighted by Crippen LogP contribution is 2.28. The highest BCUT2D eigenvalue weighted by Gasteiger charge is 2.23. The summed E-state index contributed by atoms with van der Waals surface area (Å²) in [6.07, 6.45) is 0. The molecule has 27 heavy (non-hydrogen) atoms. The van der Waals surface area contributed by atoms with Crippen LogP contribution in [0.25, 0.3) is 0 Å². The van der Waals surface area contributed by atoms with E-state index in [0.717, 1.165) is 0 Å². The van der Waals surface area contributed by atoms with E-state index in [1.54, 1.807) is 12.1 Å². The van der Waals surface area contributed by atoms with Gasteiger partial charge in [-0.15, -0.1) is 0 Å². The first-order chi connectivity index (χ1) is 12.7. The smallest absolute Gasteiger partial charge is 0.242 e. The summed E-state index contributed by atoms with van der Waals surface area (Å²) in [5.74, 6) is 0.151. The van der Waals surface area contributed by atoms with Crippen LogP contribution >= 0.6 is 23.2 Å². The average Bonchev–Trinajstić information content (AvgIpc) is 2.61. The number of rotatable bonds is 7. The summed E-state index contributed by atoms with van der Waals surface area (Å²) in [6.45, 7) is 1.41. The summed E-state index contributed by atoms with van der Waals surface area (Å²) in [5.41, 5.74) is 0.327. The van der Waals surface area contributed by atoms with E-state index in [2.05, 4.69) is 10.0 Å². The molecule has 2 aromatic carbocycles. The van der Waals surface area contributed by atoms with Crippen molar-refractivity contribution in [2.45, 2.75) is 17.9 Å². The first kappa shape index (κ1) is 21.3. The number of halogens is 2. The summed E-state index contributed by atoms with van der Waals surface area (Å²) >= 11 is 11.9. The maximum Gasteiger partial charge on any atom is 0.242 e. The van der Waals surface area contributed by atoms with Gasteiger partial charge in [-0.25, -0.2) is 8.42 Å². The predicted molar refractivity (Wildman–Crippen MR) is 104 cm³/mol. The van der Waals surface area contributed by atoms with Crippen LogP contribution in [-0.4, -0.2) is 34.6 Å². The number of hydrogen-bond donors (Lipinski definition) is 2. The molecule has 0 aliphatic carbocycles. The number of methoxy groups -OCH3 is 2. The summed E-state index contributed by atoms with van der Waals surface area (Å²) < 4.78 is 37.4. The monoisotopic (exact) mass is 432 g/mol. The van der Waals surface area contributed by atoms with Crippen molar-refractivity contribution < 1.29 is 22.7 Å². The third kappa shape index (κ3) is 5.26. The van der Waals surface area contributed by atoms with Crippen molar-refractivity contribution in [1.29, 1.82) is 0 Å². The highest BCUT2D eigenvalue weighted by atomic mass is 35.5. The van der Waals surface area contributed by atoms with Gasteiger partial charge in [0.1, 0.15) is 11.5 Å². The fourth-order valence-electron chi connectivity index (χ4n) is 2.19. The lowest BCUT2D eigenvalue weighted by molar-refractivity contribution is -0.117. The predicted octanol–water partition coefficient (Wildman–Crippen LogP) is 3.32. The first-order valence-corrected chi connectivity index (χ1v) is 9.92. The molecule has 0 aliphatic heterocycles. The molecule has 146 valence electrons. The molecular weight excluding hydrogens is 415 g/mol. The average molecular weight is 433 g/mol. The number of carbonyl (C=O) groups is 1. The van der Waals surface area contributed by atoms with Gasteiger partial charge in [0.25, 0.3) is 0 Å². The second kappa shape index (κ2) is 8.79. The van der Waals surface area contributed by atoms with Gasteiger partial charge in [0, 0.05) is 5.02 Å². The highest BCUT2D eigenvalue weighted by molar-refractivity contribution is 7.89. The van der Waals surface area contributed by atoms with Crippen molar-refractivity contribution in [3.05, 3.63) is 46.4 Å². The number of hydrogen-bond acceptors (Lipinski definition) is 5. The fourth-order valence-corrected chi connectivity index (χ4v) is 3.91. The van der Waals surface area contributed by atoms with Gasteiger partial charge < -0.3 is 14.8 Å². The zero-order valence-corrected chi connectivity index (χ0v) is 17.1. The molecular formula is C17H18Cl2N2O5S. The van der Waals surface area contributed by atoms with Crippen LogP contribution in [0.5, 0.6) is 11.5 Å². The first-order valence-electron chi connectivity index (χ1n) is 7.68. The molecule has 0 heterocycles. The maximum absolute atomic E-state index is 12.5. The van der Waals surface area contributed by atoms with Crippen LogP contribution in [0.15, 0.2) is 41.3 Å². The quantitative estimate of drug-likeness (QED) is 0.699. The Morgan fingerprint density at radius 1 is 1.04 bits per heavy atom. The van der Waals surface area contributed by atoms with Crippen LogP contribution in [0.2, 0.25) is 10.0 Å². The normalized spacial score (nSPS) is 12.3. The molecule has 0 saturated carbocycles. The second-order valence-corrected chi connectivity index (χ2v) is 8.03. The van der Waals surface area contributed by atoms with E-state index in [9.17, 15) is 13.2 Å². The molecule has 7 nitrogen and oxygen atoms in total. The van der Waals surface area contributed by atoms with E-state index < -0.39 is 22.0 Å². The van der Waals surface area contributed by atoms with Gasteiger partial charge in [-0.05, 0) is 43.3 Å². The Bertz CT molecular complexity index is 950. The van der Waals surface area contributed by atoms with E-state index in [4.69, 9.17) is 32.7 Å². The van der Waals surface area contributed by atoms with E-state index in [1.165, 1.54) is 45.4 Å². The van der Waals surface area contributed by atoms with E-state index in [-0.39, 0.29) is 9.92 Å². The Hall–Kier alpha value is -2.00. The molecule has 1 amide bonds. The van der Waals surface area contributed by atoms with Crippen molar-refractivity contribution in [3.8, 4) is 11.5 Å². The van der Waals surface area contributed by atoms with Crippen LogP contribution in [0.4, 0.5) is 5.69 Å². The molecule has 2 aromatic rings. The number of amides is 1. The lowest BCUT2D eigenvalue weighted by Crippen LogP contribution is -2.41. The SMILES string of the molecule is COc1ccc(S(=O)(=O)N[C@@H](C)C(=O)Nc2cc(Cl)ccc2OC)cc1Cl. The Morgan fingerprint density at radius 3 is 2.26 bits per heavy atom. The molecule has 0 saturated heterocycles. The van der Waals surface area contributed by atoms with Crippen LogP contribution in [0.1, 0.15) is 6.92 Å². The topological polar surface area (TPSA) is 93.7 Å². The van der Waals surface area contributed by atoms with Crippen LogP contribution in [-0.2, 0) is 14.8 Å². The number of sulfonamides is 1. The van der Waals surface area contributed by atoms with Crippen molar-refractivity contribution in [2.75, 3.05) is 19.5 Å². The Labute approximate surface area is 167 Å². The van der Waals surface area contributed by atoms with Gasteiger partial charge >= 0.3 is 0 Å². The number of ether oxygens (including phenoxy) is 2. The largest absolute Gasteiger partial charge is 0.495 e. The van der Waals surface area contributed by atoms with Gasteiger partial charge in [0.2, 0.25) is 15.9 Å². The number of anilines is 1. The molecule has 0 aliphatic rings. The lowest BCUT2D eigenvalue weighted by atomic mass is 10.2. The minimum Gasteiger partial charge on any atom is -0.495 e. The summed E-state index contributed by atoms with van der Waals surface area (Å²) in [7, 11) is -1.11. The third-order valence-electron chi connectivity index (χ3n) is 3.58. The molecule has 2 rings (SSSR count). The van der Waals surface area contributed by atoms with E-state index >= 15 is 0 Å².